The lowest BCUT2D eigenvalue weighted by Gasteiger charge is -2.45. The normalized spacial score (nSPS) is 20.6. The van der Waals surface area contributed by atoms with E-state index in [2.05, 4.69) is 15.6 Å². The van der Waals surface area contributed by atoms with E-state index in [1.165, 1.54) is 12.1 Å². The highest BCUT2D eigenvalue weighted by Gasteiger charge is 2.36. The van der Waals surface area contributed by atoms with E-state index in [1.54, 1.807) is 7.11 Å². The molecule has 4 rings (SSSR count). The monoisotopic (exact) mass is 490 g/mol. The first-order valence-corrected chi connectivity index (χ1v) is 11.7. The lowest BCUT2D eigenvalue weighted by Crippen LogP contribution is -2.63. The molecule has 0 radical (unpaired) electrons. The van der Waals surface area contributed by atoms with E-state index >= 15 is 0 Å². The van der Waals surface area contributed by atoms with Crippen LogP contribution in [-0.2, 0) is 11.0 Å². The summed E-state index contributed by atoms with van der Waals surface area (Å²) in [4.78, 5) is 31.7. The number of nitrogens with one attached hydrogen (secondary N) is 2. The number of rotatable bonds is 7. The van der Waals surface area contributed by atoms with E-state index in [9.17, 15) is 22.8 Å². The van der Waals surface area contributed by atoms with Gasteiger partial charge in [-0.05, 0) is 55.4 Å². The van der Waals surface area contributed by atoms with Gasteiger partial charge >= 0.3 is 6.18 Å². The Morgan fingerprint density at radius 3 is 2.43 bits per heavy atom. The number of aromatic nitrogens is 1. The minimum atomic E-state index is -4.54. The predicted molar refractivity (Wildman–Crippen MR) is 123 cm³/mol. The number of alkyl halides is 3. The lowest BCUT2D eigenvalue weighted by atomic mass is 9.81. The van der Waals surface area contributed by atoms with Crippen molar-refractivity contribution < 1.29 is 27.5 Å². The number of halogens is 3. The molecule has 188 valence electrons. The van der Waals surface area contributed by atoms with Crippen molar-refractivity contribution in [2.45, 2.75) is 49.9 Å². The first-order chi connectivity index (χ1) is 16.8. The van der Waals surface area contributed by atoms with Gasteiger partial charge in [0.25, 0.3) is 5.91 Å². The van der Waals surface area contributed by atoms with Crippen LogP contribution < -0.4 is 15.4 Å². The Balaban J connectivity index is 1.35. The Hall–Kier alpha value is -3.14. The highest BCUT2D eigenvalue weighted by molar-refractivity contribution is 5.96. The van der Waals surface area contributed by atoms with E-state index in [-0.39, 0.29) is 30.1 Å². The van der Waals surface area contributed by atoms with Gasteiger partial charge in [-0.2, -0.15) is 13.2 Å². The van der Waals surface area contributed by atoms with Crippen LogP contribution in [0.4, 0.5) is 13.2 Å². The van der Waals surface area contributed by atoms with Crippen LogP contribution in [0.3, 0.4) is 0 Å². The summed E-state index contributed by atoms with van der Waals surface area (Å²) >= 11 is 0. The average Bonchev–Trinajstić information content (AvgIpc) is 2.84. The third-order valence-corrected chi connectivity index (χ3v) is 6.82. The minimum absolute atomic E-state index is 0.0529. The molecule has 2 aromatic rings. The van der Waals surface area contributed by atoms with Crippen LogP contribution in [0, 0.1) is 0 Å². The Kier molecular flexibility index (Phi) is 7.59. The maximum atomic E-state index is 13.1. The maximum absolute atomic E-state index is 13.1. The van der Waals surface area contributed by atoms with Gasteiger partial charge in [0.1, 0.15) is 0 Å². The van der Waals surface area contributed by atoms with Crippen molar-refractivity contribution in [1.29, 1.82) is 0 Å². The Morgan fingerprint density at radius 2 is 1.86 bits per heavy atom. The van der Waals surface area contributed by atoms with Gasteiger partial charge in [0.05, 0.1) is 25.3 Å². The number of amides is 2. The number of benzene rings is 1. The van der Waals surface area contributed by atoms with E-state index in [0.717, 1.165) is 43.4 Å². The van der Waals surface area contributed by atoms with Crippen molar-refractivity contribution in [1.82, 2.24) is 20.5 Å². The van der Waals surface area contributed by atoms with Crippen LogP contribution in [-0.4, -0.2) is 60.5 Å². The topological polar surface area (TPSA) is 83.6 Å². The van der Waals surface area contributed by atoms with Crippen molar-refractivity contribution in [2.75, 3.05) is 26.7 Å². The van der Waals surface area contributed by atoms with E-state index in [0.29, 0.717) is 24.9 Å². The Bertz CT molecular complexity index is 1030. The molecule has 10 heteroatoms. The van der Waals surface area contributed by atoms with Gasteiger partial charge in [0.2, 0.25) is 11.8 Å². The number of ether oxygens (including phenoxy) is 1. The van der Waals surface area contributed by atoms with Gasteiger partial charge in [-0.3, -0.25) is 9.59 Å². The molecular formula is C25H29F3N4O3. The third-order valence-electron chi connectivity index (χ3n) is 6.82. The number of carbonyl (C=O) groups excluding carboxylic acids is 2. The standard InChI is InChI=1S/C25H29F3N4O3/c1-35-22-10-7-18(12-30-22)16-5-8-20(9-6-16)32(21-13-29-14-21)23(33)15-31-24(34)17-3-2-4-19(11-17)25(26,27)28/h2-4,7,10-12,16,20-21,29H,5-6,8-9,13-15H2,1H3,(H,31,34). The molecule has 35 heavy (non-hydrogen) atoms. The summed E-state index contributed by atoms with van der Waals surface area (Å²) in [6, 6.07) is 8.18. The zero-order chi connectivity index (χ0) is 25.0. The molecule has 1 aliphatic carbocycles. The second-order valence-corrected chi connectivity index (χ2v) is 9.01. The fourth-order valence-corrected chi connectivity index (χ4v) is 4.80. The zero-order valence-corrected chi connectivity index (χ0v) is 19.5. The summed E-state index contributed by atoms with van der Waals surface area (Å²) in [7, 11) is 1.58. The first-order valence-electron chi connectivity index (χ1n) is 11.7. The fraction of sp³-hybridized carbons (Fsp3) is 0.480. The number of hydrogen-bond acceptors (Lipinski definition) is 5. The van der Waals surface area contributed by atoms with Gasteiger partial charge in [-0.1, -0.05) is 12.1 Å². The summed E-state index contributed by atoms with van der Waals surface area (Å²) in [5.74, 6) is 0.0174. The number of hydrogen-bond donors (Lipinski definition) is 2. The van der Waals surface area contributed by atoms with Crippen molar-refractivity contribution in [3.8, 4) is 5.88 Å². The molecule has 1 aromatic carbocycles. The van der Waals surface area contributed by atoms with E-state index < -0.39 is 17.6 Å². The molecule has 1 saturated carbocycles. The Labute approximate surface area is 202 Å². The van der Waals surface area contributed by atoms with Gasteiger partial charge in [0, 0.05) is 37.0 Å². The summed E-state index contributed by atoms with van der Waals surface area (Å²) in [5, 5.41) is 5.69. The Morgan fingerprint density at radius 1 is 1.11 bits per heavy atom. The van der Waals surface area contributed by atoms with E-state index in [1.807, 2.05) is 23.2 Å². The lowest BCUT2D eigenvalue weighted by molar-refractivity contribution is -0.138. The highest BCUT2D eigenvalue weighted by atomic mass is 19.4. The first kappa shape index (κ1) is 25.0. The number of nitrogens with zero attached hydrogens (tertiary/aromatic N) is 2. The van der Waals surface area contributed by atoms with Gasteiger partial charge in [-0.25, -0.2) is 4.98 Å². The summed E-state index contributed by atoms with van der Waals surface area (Å²) in [5.41, 5.74) is 0.126. The molecule has 7 nitrogen and oxygen atoms in total. The molecule has 1 saturated heterocycles. The van der Waals surface area contributed by atoms with Crippen molar-refractivity contribution in [3.63, 3.8) is 0 Å². The van der Waals surface area contributed by atoms with Gasteiger partial charge < -0.3 is 20.3 Å². The van der Waals surface area contributed by atoms with Crippen molar-refractivity contribution in [3.05, 3.63) is 59.3 Å². The zero-order valence-electron chi connectivity index (χ0n) is 19.5. The molecule has 1 aliphatic heterocycles. The molecule has 0 unspecified atom stereocenters. The number of pyridine rings is 1. The molecular weight excluding hydrogens is 461 g/mol. The van der Waals surface area contributed by atoms with Crippen LogP contribution in [0.25, 0.3) is 0 Å². The molecule has 2 heterocycles. The van der Waals surface area contributed by atoms with Crippen molar-refractivity contribution >= 4 is 11.8 Å². The fourth-order valence-electron chi connectivity index (χ4n) is 4.80. The smallest absolute Gasteiger partial charge is 0.416 e. The molecule has 2 aliphatic rings. The quantitative estimate of drug-likeness (QED) is 0.622. The number of methoxy groups -OCH3 is 1. The summed E-state index contributed by atoms with van der Waals surface area (Å²) < 4.78 is 44.0. The summed E-state index contributed by atoms with van der Waals surface area (Å²) in [6.07, 6.45) is 0.798. The van der Waals surface area contributed by atoms with Gasteiger partial charge in [-0.15, -0.1) is 0 Å². The molecule has 2 N–H and O–H groups in total. The van der Waals surface area contributed by atoms with Crippen LogP contribution in [0.5, 0.6) is 5.88 Å². The highest BCUT2D eigenvalue weighted by Crippen LogP contribution is 2.36. The van der Waals surface area contributed by atoms with Crippen LogP contribution in [0.15, 0.2) is 42.6 Å². The number of carbonyl (C=O) groups is 2. The molecule has 0 bridgehead atoms. The van der Waals surface area contributed by atoms with Crippen molar-refractivity contribution in [2.24, 2.45) is 0 Å². The second-order valence-electron chi connectivity index (χ2n) is 9.01. The SMILES string of the molecule is COc1ccc(C2CCC(N(C(=O)CNC(=O)c3cccc(C(F)(F)F)c3)C3CNC3)CC2)cn1. The average molecular weight is 491 g/mol. The second kappa shape index (κ2) is 10.6. The molecule has 2 fully saturated rings. The van der Waals surface area contributed by atoms with E-state index in [4.69, 9.17) is 4.74 Å². The van der Waals surface area contributed by atoms with Gasteiger partial charge in [0.15, 0.2) is 0 Å². The minimum Gasteiger partial charge on any atom is -0.481 e. The van der Waals surface area contributed by atoms with Crippen LogP contribution in [0.2, 0.25) is 0 Å². The summed E-state index contributed by atoms with van der Waals surface area (Å²) in [6.45, 7) is 1.12. The largest absolute Gasteiger partial charge is 0.481 e. The maximum Gasteiger partial charge on any atom is 0.416 e. The predicted octanol–water partition coefficient (Wildman–Crippen LogP) is 3.37. The molecule has 1 aromatic heterocycles. The van der Waals surface area contributed by atoms with Crippen LogP contribution in [0.1, 0.15) is 53.1 Å². The molecule has 2 amide bonds. The molecule has 0 spiro atoms. The van der Waals surface area contributed by atoms with Crippen LogP contribution >= 0.6 is 0 Å². The third kappa shape index (κ3) is 5.93. The molecule has 0 atom stereocenters.